The maximum Gasteiger partial charge on any atom is 0.261 e. The summed E-state index contributed by atoms with van der Waals surface area (Å²) in [5.41, 5.74) is 0.529. The Kier molecular flexibility index (Phi) is 5.35. The first-order valence-corrected chi connectivity index (χ1v) is 5.02. The normalized spacial score (nSPS) is 10.5. The average Bonchev–Trinajstić information content (AvgIpc) is 2.27. The number of nitrogens with one attached hydrogen (secondary N) is 1. The molecule has 0 unspecified atom stereocenters. The summed E-state index contributed by atoms with van der Waals surface area (Å²) < 4.78 is 28.0. The van der Waals surface area contributed by atoms with Gasteiger partial charge in [-0.3, -0.25) is 4.79 Å². The molecule has 0 atom stereocenters. The van der Waals surface area contributed by atoms with Gasteiger partial charge < -0.3 is 15.2 Å². The largest absolute Gasteiger partial charge is 0.508 e. The molecule has 0 heterocycles. The summed E-state index contributed by atoms with van der Waals surface area (Å²) in [7, 11) is 0. The van der Waals surface area contributed by atoms with Crippen LogP contribution in [0.25, 0.3) is 0 Å². The van der Waals surface area contributed by atoms with E-state index in [1.165, 1.54) is 24.3 Å². The third kappa shape index (κ3) is 5.82. The molecule has 1 rings (SSSR count). The number of anilines is 1. The second-order valence-electron chi connectivity index (χ2n) is 3.31. The van der Waals surface area contributed by atoms with E-state index in [1.54, 1.807) is 0 Å². The minimum atomic E-state index is -2.52. The van der Waals surface area contributed by atoms with E-state index in [2.05, 4.69) is 10.1 Å². The van der Waals surface area contributed by atoms with Crippen LogP contribution in [-0.4, -0.2) is 30.7 Å². The van der Waals surface area contributed by atoms with Crippen molar-refractivity contribution < 1.29 is 23.4 Å². The minimum absolute atomic E-state index is 0.00754. The molecule has 0 aliphatic carbocycles. The average molecular weight is 245 g/mol. The van der Waals surface area contributed by atoms with Crippen molar-refractivity contribution in [1.29, 1.82) is 0 Å². The van der Waals surface area contributed by atoms with Crippen LogP contribution in [0.2, 0.25) is 0 Å². The number of hydrogen-bond acceptors (Lipinski definition) is 3. The fourth-order valence-corrected chi connectivity index (χ4v) is 1.11. The van der Waals surface area contributed by atoms with E-state index in [0.29, 0.717) is 5.69 Å². The first-order valence-electron chi connectivity index (χ1n) is 5.02. The van der Waals surface area contributed by atoms with Gasteiger partial charge in [0.25, 0.3) is 6.43 Å². The molecule has 4 nitrogen and oxygen atoms in total. The van der Waals surface area contributed by atoms with E-state index in [9.17, 15) is 13.6 Å². The van der Waals surface area contributed by atoms with Gasteiger partial charge in [0.15, 0.2) is 0 Å². The second-order valence-corrected chi connectivity index (χ2v) is 3.31. The van der Waals surface area contributed by atoms with Crippen molar-refractivity contribution in [3.63, 3.8) is 0 Å². The Balaban J connectivity index is 2.23. The molecule has 0 radical (unpaired) electrons. The highest BCUT2D eigenvalue weighted by atomic mass is 19.3. The van der Waals surface area contributed by atoms with Crippen molar-refractivity contribution in [2.45, 2.75) is 12.8 Å². The fraction of sp³-hybridized carbons (Fsp3) is 0.364. The van der Waals surface area contributed by atoms with Crippen LogP contribution in [0.5, 0.6) is 5.75 Å². The maximum absolute atomic E-state index is 11.7. The number of benzene rings is 1. The van der Waals surface area contributed by atoms with Crippen LogP contribution in [-0.2, 0) is 9.53 Å². The lowest BCUT2D eigenvalue weighted by molar-refractivity contribution is -0.117. The molecule has 0 saturated carbocycles. The highest BCUT2D eigenvalue weighted by Crippen LogP contribution is 2.13. The first-order chi connectivity index (χ1) is 8.08. The number of aromatic hydroxyl groups is 1. The zero-order valence-corrected chi connectivity index (χ0v) is 9.03. The Bertz CT molecular complexity index is 354. The molecule has 1 aromatic rings. The Labute approximate surface area is 97.2 Å². The van der Waals surface area contributed by atoms with Gasteiger partial charge in [-0.15, -0.1) is 0 Å². The third-order valence-electron chi connectivity index (χ3n) is 1.87. The van der Waals surface area contributed by atoms with E-state index in [4.69, 9.17) is 5.11 Å². The molecule has 0 saturated heterocycles. The number of ether oxygens (including phenoxy) is 1. The zero-order valence-electron chi connectivity index (χ0n) is 9.03. The second kappa shape index (κ2) is 6.80. The zero-order chi connectivity index (χ0) is 12.7. The van der Waals surface area contributed by atoms with Crippen molar-refractivity contribution in [3.8, 4) is 5.75 Å². The van der Waals surface area contributed by atoms with Gasteiger partial charge in [-0.1, -0.05) is 0 Å². The van der Waals surface area contributed by atoms with Crippen LogP contribution in [0.1, 0.15) is 6.42 Å². The summed E-state index contributed by atoms with van der Waals surface area (Å²) in [4.78, 5) is 11.3. The van der Waals surface area contributed by atoms with E-state index in [1.807, 2.05) is 0 Å². The van der Waals surface area contributed by atoms with Crippen molar-refractivity contribution >= 4 is 11.6 Å². The van der Waals surface area contributed by atoms with Crippen LogP contribution in [0.15, 0.2) is 24.3 Å². The molecular weight excluding hydrogens is 232 g/mol. The highest BCUT2D eigenvalue weighted by Gasteiger charge is 2.05. The quantitative estimate of drug-likeness (QED) is 0.595. The molecule has 0 bridgehead atoms. The molecule has 1 aromatic carbocycles. The van der Waals surface area contributed by atoms with Gasteiger partial charge in [-0.2, -0.15) is 0 Å². The third-order valence-corrected chi connectivity index (χ3v) is 1.87. The number of carbonyl (C=O) groups is 1. The maximum atomic E-state index is 11.7. The van der Waals surface area contributed by atoms with Gasteiger partial charge in [-0.25, -0.2) is 8.78 Å². The molecule has 6 heteroatoms. The number of phenolic OH excluding ortho intramolecular Hbond substituents is 1. The number of rotatable bonds is 6. The van der Waals surface area contributed by atoms with Gasteiger partial charge >= 0.3 is 0 Å². The van der Waals surface area contributed by atoms with Gasteiger partial charge in [0.2, 0.25) is 5.91 Å². The molecule has 2 N–H and O–H groups in total. The number of halogens is 2. The smallest absolute Gasteiger partial charge is 0.261 e. The van der Waals surface area contributed by atoms with E-state index in [-0.39, 0.29) is 24.7 Å². The number of hydrogen-bond donors (Lipinski definition) is 2. The topological polar surface area (TPSA) is 58.6 Å². The molecule has 0 spiro atoms. The Morgan fingerprint density at radius 3 is 2.59 bits per heavy atom. The Morgan fingerprint density at radius 1 is 1.35 bits per heavy atom. The molecule has 1 amide bonds. The number of carbonyl (C=O) groups excluding carboxylic acids is 1. The SMILES string of the molecule is O=C(CCOCC(F)F)Nc1ccc(O)cc1. The summed E-state index contributed by atoms with van der Waals surface area (Å²) in [5.74, 6) is -0.228. The summed E-state index contributed by atoms with van der Waals surface area (Å²) >= 11 is 0. The minimum Gasteiger partial charge on any atom is -0.508 e. The molecule has 17 heavy (non-hydrogen) atoms. The summed E-state index contributed by atoms with van der Waals surface area (Å²) in [5, 5.41) is 11.6. The van der Waals surface area contributed by atoms with Crippen LogP contribution in [0.3, 0.4) is 0 Å². The monoisotopic (exact) mass is 245 g/mol. The lowest BCUT2D eigenvalue weighted by Gasteiger charge is -2.06. The number of amides is 1. The molecule has 0 aliphatic rings. The molecule has 0 aliphatic heterocycles. The van der Waals surface area contributed by atoms with E-state index >= 15 is 0 Å². The summed E-state index contributed by atoms with van der Waals surface area (Å²) in [6, 6.07) is 5.94. The van der Waals surface area contributed by atoms with Crippen LogP contribution in [0, 0.1) is 0 Å². The standard InChI is InChI=1S/C11H13F2NO3/c12-10(13)7-17-6-5-11(16)14-8-1-3-9(15)4-2-8/h1-4,10,15H,5-7H2,(H,14,16). The van der Waals surface area contributed by atoms with Crippen molar-refractivity contribution in [2.75, 3.05) is 18.5 Å². The van der Waals surface area contributed by atoms with Gasteiger partial charge in [-0.05, 0) is 24.3 Å². The molecule has 0 fully saturated rings. The van der Waals surface area contributed by atoms with E-state index in [0.717, 1.165) is 0 Å². The van der Waals surface area contributed by atoms with Gasteiger partial charge in [0.05, 0.1) is 13.0 Å². The van der Waals surface area contributed by atoms with Crippen molar-refractivity contribution in [2.24, 2.45) is 0 Å². The Hall–Kier alpha value is -1.69. The van der Waals surface area contributed by atoms with Crippen molar-refractivity contribution in [3.05, 3.63) is 24.3 Å². The first kappa shape index (κ1) is 13.4. The molecule has 94 valence electrons. The Morgan fingerprint density at radius 2 is 2.00 bits per heavy atom. The number of alkyl halides is 2. The van der Waals surface area contributed by atoms with Gasteiger partial charge in [0.1, 0.15) is 12.4 Å². The number of phenols is 1. The lowest BCUT2D eigenvalue weighted by Crippen LogP contribution is -2.15. The lowest BCUT2D eigenvalue weighted by atomic mass is 10.3. The van der Waals surface area contributed by atoms with Crippen LogP contribution >= 0.6 is 0 Å². The van der Waals surface area contributed by atoms with E-state index < -0.39 is 13.0 Å². The van der Waals surface area contributed by atoms with Crippen LogP contribution in [0.4, 0.5) is 14.5 Å². The highest BCUT2D eigenvalue weighted by molar-refractivity contribution is 5.90. The molecular formula is C11H13F2NO3. The predicted molar refractivity (Wildman–Crippen MR) is 58.2 cm³/mol. The summed E-state index contributed by atoms with van der Waals surface area (Å²) in [6.45, 7) is -0.708. The summed E-state index contributed by atoms with van der Waals surface area (Å²) in [6.07, 6.45) is -2.51. The van der Waals surface area contributed by atoms with Crippen molar-refractivity contribution in [1.82, 2.24) is 0 Å². The van der Waals surface area contributed by atoms with Gasteiger partial charge in [0, 0.05) is 5.69 Å². The van der Waals surface area contributed by atoms with Crippen LogP contribution < -0.4 is 5.32 Å². The predicted octanol–water partition coefficient (Wildman–Crippen LogP) is 2.00. The fourth-order valence-electron chi connectivity index (χ4n) is 1.11. The molecule has 0 aromatic heterocycles.